The highest BCUT2D eigenvalue weighted by atomic mass is 79.9. The van der Waals surface area contributed by atoms with Gasteiger partial charge in [-0.2, -0.15) is 0 Å². The third kappa shape index (κ3) is 4.15. The Morgan fingerprint density at radius 2 is 1.89 bits per heavy atom. The molecule has 1 heterocycles. The molecule has 5 heteroatoms. The number of pyridine rings is 1. The minimum atomic E-state index is -1.00. The normalized spacial score (nSPS) is 10.4. The van der Waals surface area contributed by atoms with E-state index in [1.807, 2.05) is 24.3 Å². The summed E-state index contributed by atoms with van der Waals surface area (Å²) in [5.41, 5.74) is 1.96. The minimum Gasteiger partial charge on any atom is -0.477 e. The number of halogens is 1. The van der Waals surface area contributed by atoms with Crippen LogP contribution in [0.3, 0.4) is 0 Å². The largest absolute Gasteiger partial charge is 0.477 e. The maximum Gasteiger partial charge on any atom is 0.354 e. The molecule has 0 amide bonds. The summed E-state index contributed by atoms with van der Waals surface area (Å²) >= 11 is 3.39. The summed E-state index contributed by atoms with van der Waals surface area (Å²) in [6.45, 7) is 1.25. The van der Waals surface area contributed by atoms with Gasteiger partial charge in [-0.25, -0.2) is 9.78 Å². The van der Waals surface area contributed by atoms with Crippen molar-refractivity contribution in [1.82, 2.24) is 10.3 Å². The molecule has 0 aliphatic heterocycles. The van der Waals surface area contributed by atoms with E-state index in [1.165, 1.54) is 6.07 Å². The van der Waals surface area contributed by atoms with E-state index in [0.717, 1.165) is 15.7 Å². The molecule has 0 fully saturated rings. The topological polar surface area (TPSA) is 62.2 Å². The molecule has 0 saturated carbocycles. The van der Waals surface area contributed by atoms with E-state index < -0.39 is 5.97 Å². The van der Waals surface area contributed by atoms with Crippen molar-refractivity contribution in [3.8, 4) is 0 Å². The van der Waals surface area contributed by atoms with Crippen LogP contribution >= 0.6 is 15.9 Å². The molecule has 0 atom stereocenters. The summed E-state index contributed by atoms with van der Waals surface area (Å²) in [5, 5.41) is 12.1. The first-order valence-corrected chi connectivity index (χ1v) is 6.59. The molecule has 1 aromatic heterocycles. The molecule has 0 radical (unpaired) electrons. The quantitative estimate of drug-likeness (QED) is 0.889. The molecule has 0 saturated heterocycles. The Kier molecular flexibility index (Phi) is 4.65. The van der Waals surface area contributed by atoms with E-state index in [4.69, 9.17) is 5.11 Å². The smallest absolute Gasteiger partial charge is 0.354 e. The highest BCUT2D eigenvalue weighted by Crippen LogP contribution is 2.10. The van der Waals surface area contributed by atoms with Crippen molar-refractivity contribution < 1.29 is 9.90 Å². The molecular formula is C14H13BrN2O2. The first-order chi connectivity index (χ1) is 9.15. The van der Waals surface area contributed by atoms with Crippen molar-refractivity contribution in [2.24, 2.45) is 0 Å². The van der Waals surface area contributed by atoms with Gasteiger partial charge in [0.25, 0.3) is 0 Å². The van der Waals surface area contributed by atoms with Gasteiger partial charge in [-0.05, 0) is 29.8 Å². The van der Waals surface area contributed by atoms with Crippen LogP contribution in [0, 0.1) is 0 Å². The van der Waals surface area contributed by atoms with Crippen LogP contribution in [0.2, 0.25) is 0 Å². The lowest BCUT2D eigenvalue weighted by Gasteiger charge is -2.05. The number of rotatable bonds is 5. The zero-order chi connectivity index (χ0) is 13.7. The Morgan fingerprint density at radius 3 is 2.58 bits per heavy atom. The lowest BCUT2D eigenvalue weighted by atomic mass is 10.2. The fourth-order valence-corrected chi connectivity index (χ4v) is 1.90. The molecule has 0 unspecified atom stereocenters. The Balaban J connectivity index is 1.90. The predicted molar refractivity (Wildman–Crippen MR) is 75.9 cm³/mol. The Bertz CT molecular complexity index is 570. The monoisotopic (exact) mass is 320 g/mol. The summed E-state index contributed by atoms with van der Waals surface area (Å²) in [7, 11) is 0. The van der Waals surface area contributed by atoms with Gasteiger partial charge in [-0.1, -0.05) is 34.1 Å². The third-order valence-electron chi connectivity index (χ3n) is 2.57. The van der Waals surface area contributed by atoms with Crippen LogP contribution in [-0.2, 0) is 13.1 Å². The lowest BCUT2D eigenvalue weighted by molar-refractivity contribution is 0.0690. The van der Waals surface area contributed by atoms with Crippen molar-refractivity contribution in [2.45, 2.75) is 13.1 Å². The number of carbonyl (C=O) groups is 1. The fourth-order valence-electron chi connectivity index (χ4n) is 1.63. The number of hydrogen-bond acceptors (Lipinski definition) is 3. The van der Waals surface area contributed by atoms with Gasteiger partial charge in [0.1, 0.15) is 5.69 Å². The first kappa shape index (κ1) is 13.7. The number of carboxylic acids is 1. The molecule has 2 N–H and O–H groups in total. The molecule has 0 aliphatic carbocycles. The number of hydrogen-bond donors (Lipinski definition) is 2. The zero-order valence-corrected chi connectivity index (χ0v) is 11.7. The molecule has 98 valence electrons. The van der Waals surface area contributed by atoms with Crippen molar-refractivity contribution in [1.29, 1.82) is 0 Å². The average molecular weight is 321 g/mol. The summed E-state index contributed by atoms with van der Waals surface area (Å²) in [5.74, 6) is -1.00. The maximum atomic E-state index is 10.8. The van der Waals surface area contributed by atoms with Crippen LogP contribution < -0.4 is 5.32 Å². The molecule has 0 aliphatic rings. The second-order valence-electron chi connectivity index (χ2n) is 4.05. The number of nitrogens with one attached hydrogen (secondary N) is 1. The average Bonchev–Trinajstić information content (AvgIpc) is 2.41. The van der Waals surface area contributed by atoms with E-state index in [1.54, 1.807) is 12.1 Å². The number of aromatic nitrogens is 1. The molecule has 19 heavy (non-hydrogen) atoms. The summed E-state index contributed by atoms with van der Waals surface area (Å²) in [4.78, 5) is 14.8. The summed E-state index contributed by atoms with van der Waals surface area (Å²) < 4.78 is 1.05. The highest BCUT2D eigenvalue weighted by molar-refractivity contribution is 9.10. The van der Waals surface area contributed by atoms with Gasteiger partial charge in [-0.15, -0.1) is 0 Å². The van der Waals surface area contributed by atoms with Gasteiger partial charge >= 0.3 is 5.97 Å². The standard InChI is InChI=1S/C14H13BrN2O2/c15-11-6-4-10(5-7-11)8-16-9-12-2-1-3-13(17-12)14(18)19/h1-7,16H,8-9H2,(H,18,19). The van der Waals surface area contributed by atoms with Crippen molar-refractivity contribution in [3.05, 3.63) is 63.9 Å². The third-order valence-corrected chi connectivity index (χ3v) is 3.10. The Hall–Kier alpha value is -1.72. The summed E-state index contributed by atoms with van der Waals surface area (Å²) in [6.07, 6.45) is 0. The van der Waals surface area contributed by atoms with Crippen LogP contribution in [0.25, 0.3) is 0 Å². The van der Waals surface area contributed by atoms with E-state index in [-0.39, 0.29) is 5.69 Å². The second kappa shape index (κ2) is 6.45. The Labute approximate surface area is 119 Å². The van der Waals surface area contributed by atoms with Gasteiger partial charge in [-0.3, -0.25) is 0 Å². The fraction of sp³-hybridized carbons (Fsp3) is 0.143. The van der Waals surface area contributed by atoms with E-state index in [2.05, 4.69) is 26.2 Å². The zero-order valence-electron chi connectivity index (χ0n) is 10.1. The predicted octanol–water partition coefficient (Wildman–Crippen LogP) is 2.83. The van der Waals surface area contributed by atoms with Crippen LogP contribution in [-0.4, -0.2) is 16.1 Å². The van der Waals surface area contributed by atoms with Crippen LogP contribution in [0.5, 0.6) is 0 Å². The maximum absolute atomic E-state index is 10.8. The van der Waals surface area contributed by atoms with Gasteiger partial charge < -0.3 is 10.4 Å². The molecule has 0 spiro atoms. The minimum absolute atomic E-state index is 0.0722. The number of nitrogens with zero attached hydrogens (tertiary/aromatic N) is 1. The van der Waals surface area contributed by atoms with Crippen molar-refractivity contribution >= 4 is 21.9 Å². The molecular weight excluding hydrogens is 308 g/mol. The number of aromatic carboxylic acids is 1. The van der Waals surface area contributed by atoms with Crippen LogP contribution in [0.1, 0.15) is 21.7 Å². The van der Waals surface area contributed by atoms with Gasteiger partial charge in [0.2, 0.25) is 0 Å². The van der Waals surface area contributed by atoms with E-state index in [9.17, 15) is 4.79 Å². The van der Waals surface area contributed by atoms with Crippen LogP contribution in [0.15, 0.2) is 46.9 Å². The molecule has 2 rings (SSSR count). The molecule has 1 aromatic carbocycles. The van der Waals surface area contributed by atoms with Gasteiger partial charge in [0, 0.05) is 17.6 Å². The number of carboxylic acid groups (broad SMARTS) is 1. The molecule has 0 bridgehead atoms. The summed E-state index contributed by atoms with van der Waals surface area (Å²) in [6, 6.07) is 13.0. The second-order valence-corrected chi connectivity index (χ2v) is 4.97. The van der Waals surface area contributed by atoms with E-state index in [0.29, 0.717) is 13.1 Å². The lowest BCUT2D eigenvalue weighted by Crippen LogP contribution is -2.14. The van der Waals surface area contributed by atoms with Gasteiger partial charge in [0.05, 0.1) is 5.69 Å². The molecule has 2 aromatic rings. The van der Waals surface area contributed by atoms with E-state index >= 15 is 0 Å². The molecule has 4 nitrogen and oxygen atoms in total. The van der Waals surface area contributed by atoms with Crippen molar-refractivity contribution in [2.75, 3.05) is 0 Å². The highest BCUT2D eigenvalue weighted by Gasteiger charge is 2.04. The van der Waals surface area contributed by atoms with Gasteiger partial charge in [0.15, 0.2) is 0 Å². The first-order valence-electron chi connectivity index (χ1n) is 5.79. The van der Waals surface area contributed by atoms with Crippen LogP contribution in [0.4, 0.5) is 0 Å². The van der Waals surface area contributed by atoms with Crippen molar-refractivity contribution in [3.63, 3.8) is 0 Å². The number of benzene rings is 1. The SMILES string of the molecule is O=C(O)c1cccc(CNCc2ccc(Br)cc2)n1. The Morgan fingerprint density at radius 1 is 1.16 bits per heavy atom.